The van der Waals surface area contributed by atoms with Gasteiger partial charge in [-0.15, -0.1) is 11.3 Å². The number of hydrogen-bond acceptors (Lipinski definition) is 3. The average Bonchev–Trinajstić information content (AvgIpc) is 2.73. The number of aryl methyl sites for hydroxylation is 2. The quantitative estimate of drug-likeness (QED) is 0.440. The zero-order valence-electron chi connectivity index (χ0n) is 14.1. The van der Waals surface area contributed by atoms with Gasteiger partial charge in [-0.2, -0.15) is 0 Å². The molecule has 0 aliphatic heterocycles. The molecule has 0 amide bonds. The molecule has 0 saturated heterocycles. The molecule has 4 nitrogen and oxygen atoms in total. The predicted octanol–water partition coefficient (Wildman–Crippen LogP) is 3.29. The molecule has 0 aromatic carbocycles. The summed E-state index contributed by atoms with van der Waals surface area (Å²) in [6.45, 7) is 13.5. The number of nitrogens with zero attached hydrogens (tertiary/aromatic N) is 2. The van der Waals surface area contributed by atoms with Crippen LogP contribution in [0.3, 0.4) is 0 Å². The highest BCUT2D eigenvalue weighted by Crippen LogP contribution is 2.16. The van der Waals surface area contributed by atoms with Crippen molar-refractivity contribution in [3.63, 3.8) is 0 Å². The maximum Gasteiger partial charge on any atom is 0.191 e. The second-order valence-corrected chi connectivity index (χ2v) is 7.00. The maximum absolute atomic E-state index is 4.63. The fourth-order valence-corrected chi connectivity index (χ4v) is 3.07. The number of aromatic nitrogens is 1. The van der Waals surface area contributed by atoms with E-state index in [-0.39, 0.29) is 0 Å². The summed E-state index contributed by atoms with van der Waals surface area (Å²) < 4.78 is 0. The fraction of sp³-hybridized carbons (Fsp3) is 0.750. The first-order valence-electron chi connectivity index (χ1n) is 7.98. The van der Waals surface area contributed by atoms with Crippen molar-refractivity contribution in [1.82, 2.24) is 15.6 Å². The Balaban J connectivity index is 2.36. The van der Waals surface area contributed by atoms with E-state index in [0.717, 1.165) is 55.1 Å². The van der Waals surface area contributed by atoms with Gasteiger partial charge >= 0.3 is 0 Å². The Bertz CT molecular complexity index is 437. The van der Waals surface area contributed by atoms with Gasteiger partial charge in [0.05, 0.1) is 10.7 Å². The number of rotatable bonds is 8. The van der Waals surface area contributed by atoms with Gasteiger partial charge in [-0.1, -0.05) is 13.8 Å². The number of guanidine groups is 1. The highest BCUT2D eigenvalue weighted by molar-refractivity contribution is 7.11. The van der Waals surface area contributed by atoms with Gasteiger partial charge in [0.2, 0.25) is 0 Å². The molecule has 120 valence electrons. The monoisotopic (exact) mass is 310 g/mol. The molecule has 1 aromatic heterocycles. The Morgan fingerprint density at radius 3 is 2.62 bits per heavy atom. The van der Waals surface area contributed by atoms with Crippen LogP contribution in [0.5, 0.6) is 0 Å². The van der Waals surface area contributed by atoms with Crippen molar-refractivity contribution in [2.24, 2.45) is 10.9 Å². The molecule has 1 aromatic rings. The van der Waals surface area contributed by atoms with Crippen molar-refractivity contribution in [3.8, 4) is 0 Å². The van der Waals surface area contributed by atoms with Gasteiger partial charge in [-0.25, -0.2) is 4.98 Å². The summed E-state index contributed by atoms with van der Waals surface area (Å²) >= 11 is 1.79. The Hall–Kier alpha value is -1.10. The van der Waals surface area contributed by atoms with Gasteiger partial charge in [-0.05, 0) is 39.5 Å². The molecule has 2 N–H and O–H groups in total. The standard InChI is InChI=1S/C16H30N4S/c1-6-17-16(18-10-7-8-12(2)3)19-11-9-15-13(4)20-14(5)21-15/h12H,6-11H2,1-5H3,(H2,17,18,19). The molecular formula is C16H30N4S. The van der Waals surface area contributed by atoms with Crippen LogP contribution in [0.25, 0.3) is 0 Å². The summed E-state index contributed by atoms with van der Waals surface area (Å²) in [6, 6.07) is 0. The van der Waals surface area contributed by atoms with Gasteiger partial charge in [-0.3, -0.25) is 4.99 Å². The lowest BCUT2D eigenvalue weighted by Crippen LogP contribution is -2.38. The minimum absolute atomic E-state index is 0.758. The second-order valence-electron chi connectivity index (χ2n) is 5.71. The maximum atomic E-state index is 4.63. The highest BCUT2D eigenvalue weighted by Gasteiger charge is 2.05. The number of hydrogen-bond donors (Lipinski definition) is 2. The predicted molar refractivity (Wildman–Crippen MR) is 93.3 cm³/mol. The summed E-state index contributed by atoms with van der Waals surface area (Å²) in [5, 5.41) is 7.86. The molecule has 0 unspecified atom stereocenters. The molecule has 21 heavy (non-hydrogen) atoms. The van der Waals surface area contributed by atoms with E-state index in [2.05, 4.69) is 55.2 Å². The zero-order chi connectivity index (χ0) is 15.7. The highest BCUT2D eigenvalue weighted by atomic mass is 32.1. The van der Waals surface area contributed by atoms with E-state index in [0.29, 0.717) is 0 Å². The third-order valence-corrected chi connectivity index (χ3v) is 4.33. The van der Waals surface area contributed by atoms with Crippen LogP contribution >= 0.6 is 11.3 Å². The minimum Gasteiger partial charge on any atom is -0.357 e. The van der Waals surface area contributed by atoms with Crippen molar-refractivity contribution in [2.45, 2.75) is 53.9 Å². The molecule has 1 heterocycles. The zero-order valence-corrected chi connectivity index (χ0v) is 14.9. The number of nitrogens with one attached hydrogen (secondary N) is 2. The van der Waals surface area contributed by atoms with Gasteiger partial charge in [0.25, 0.3) is 0 Å². The molecule has 0 radical (unpaired) electrons. The van der Waals surface area contributed by atoms with E-state index < -0.39 is 0 Å². The molecular weight excluding hydrogens is 280 g/mol. The van der Waals surface area contributed by atoms with Gasteiger partial charge in [0, 0.05) is 30.9 Å². The molecule has 0 fully saturated rings. The molecule has 5 heteroatoms. The fourth-order valence-electron chi connectivity index (χ4n) is 2.13. The summed E-state index contributed by atoms with van der Waals surface area (Å²) in [4.78, 5) is 10.5. The smallest absolute Gasteiger partial charge is 0.191 e. The molecule has 0 atom stereocenters. The number of aliphatic imine (C=N–C) groups is 1. The Morgan fingerprint density at radius 2 is 2.05 bits per heavy atom. The lowest BCUT2D eigenvalue weighted by molar-refractivity contribution is 0.560. The summed E-state index contributed by atoms with van der Waals surface area (Å²) in [5.41, 5.74) is 1.16. The molecule has 0 saturated carbocycles. The van der Waals surface area contributed by atoms with Crippen molar-refractivity contribution < 1.29 is 0 Å². The van der Waals surface area contributed by atoms with E-state index in [4.69, 9.17) is 0 Å². The molecule has 0 aliphatic rings. The van der Waals surface area contributed by atoms with Gasteiger partial charge in [0.1, 0.15) is 0 Å². The molecule has 0 bridgehead atoms. The first kappa shape index (κ1) is 18.0. The van der Waals surface area contributed by atoms with Gasteiger partial charge < -0.3 is 10.6 Å². The topological polar surface area (TPSA) is 49.3 Å². The Labute approximate surface area is 133 Å². The van der Waals surface area contributed by atoms with Crippen LogP contribution < -0.4 is 10.6 Å². The van der Waals surface area contributed by atoms with Crippen LogP contribution in [-0.2, 0) is 6.42 Å². The van der Waals surface area contributed by atoms with E-state index in [1.807, 2.05) is 0 Å². The summed E-state index contributed by atoms with van der Waals surface area (Å²) in [5.74, 6) is 1.69. The second kappa shape index (κ2) is 9.77. The van der Waals surface area contributed by atoms with E-state index >= 15 is 0 Å². The molecule has 0 aliphatic carbocycles. The van der Waals surface area contributed by atoms with Crippen LogP contribution in [0.15, 0.2) is 4.99 Å². The van der Waals surface area contributed by atoms with E-state index in [1.54, 1.807) is 11.3 Å². The summed E-state index contributed by atoms with van der Waals surface area (Å²) in [7, 11) is 0. The Kier molecular flexibility index (Phi) is 8.35. The van der Waals surface area contributed by atoms with E-state index in [1.165, 1.54) is 11.3 Å². The van der Waals surface area contributed by atoms with Crippen molar-refractivity contribution in [1.29, 1.82) is 0 Å². The average molecular weight is 311 g/mol. The van der Waals surface area contributed by atoms with Crippen LogP contribution in [0.4, 0.5) is 0 Å². The van der Waals surface area contributed by atoms with Crippen molar-refractivity contribution in [3.05, 3.63) is 15.6 Å². The Morgan fingerprint density at radius 1 is 1.29 bits per heavy atom. The van der Waals surface area contributed by atoms with Crippen LogP contribution in [-0.4, -0.2) is 30.6 Å². The van der Waals surface area contributed by atoms with E-state index in [9.17, 15) is 0 Å². The molecule has 0 spiro atoms. The lowest BCUT2D eigenvalue weighted by atomic mass is 10.1. The normalized spacial score (nSPS) is 12.0. The van der Waals surface area contributed by atoms with Crippen molar-refractivity contribution in [2.75, 3.05) is 19.6 Å². The first-order chi connectivity index (χ1) is 10.0. The molecule has 1 rings (SSSR count). The number of thiazole rings is 1. The third kappa shape index (κ3) is 7.46. The SMILES string of the molecule is CCNC(=NCCCC(C)C)NCCc1sc(C)nc1C. The van der Waals surface area contributed by atoms with Crippen LogP contribution in [0.1, 0.15) is 49.2 Å². The largest absolute Gasteiger partial charge is 0.357 e. The first-order valence-corrected chi connectivity index (χ1v) is 8.79. The van der Waals surface area contributed by atoms with Crippen LogP contribution in [0.2, 0.25) is 0 Å². The van der Waals surface area contributed by atoms with Crippen molar-refractivity contribution >= 4 is 17.3 Å². The van der Waals surface area contributed by atoms with Crippen LogP contribution in [0, 0.1) is 19.8 Å². The third-order valence-electron chi connectivity index (χ3n) is 3.20. The minimum atomic E-state index is 0.758. The van der Waals surface area contributed by atoms with Gasteiger partial charge in [0.15, 0.2) is 5.96 Å². The summed E-state index contributed by atoms with van der Waals surface area (Å²) in [6.07, 6.45) is 3.40. The lowest BCUT2D eigenvalue weighted by Gasteiger charge is -2.11.